The van der Waals surface area contributed by atoms with Crippen molar-refractivity contribution >= 4 is 40.9 Å². The van der Waals surface area contributed by atoms with Gasteiger partial charge in [0.1, 0.15) is 11.8 Å². The summed E-state index contributed by atoms with van der Waals surface area (Å²) in [5, 5.41) is 6.04. The van der Waals surface area contributed by atoms with Crippen LogP contribution in [0.15, 0.2) is 60.9 Å². The molecule has 9 heteroatoms. The number of hydrogen-bond donors (Lipinski definition) is 2. The number of halogens is 1. The van der Waals surface area contributed by atoms with Gasteiger partial charge in [-0.15, -0.1) is 0 Å². The van der Waals surface area contributed by atoms with Gasteiger partial charge in [0, 0.05) is 18.1 Å². The van der Waals surface area contributed by atoms with Crippen LogP contribution in [-0.4, -0.2) is 39.8 Å². The third-order valence-corrected chi connectivity index (χ3v) is 5.53. The molecule has 0 aliphatic rings. The highest BCUT2D eigenvalue weighted by Gasteiger charge is 2.22. The Hall–Kier alpha value is -3.10. The van der Waals surface area contributed by atoms with E-state index in [1.807, 2.05) is 13.2 Å². The number of carbonyl (C=O) groups excluding carboxylic acids is 2. The second-order valence-corrected chi connectivity index (χ2v) is 8.28. The number of nitrogens with one attached hydrogen (secondary N) is 2. The predicted molar refractivity (Wildman–Crippen MR) is 128 cm³/mol. The summed E-state index contributed by atoms with van der Waals surface area (Å²) < 4.78 is 5.63. The summed E-state index contributed by atoms with van der Waals surface area (Å²) in [6.07, 6.45) is 5.61. The van der Waals surface area contributed by atoms with Crippen LogP contribution in [0.3, 0.4) is 0 Å². The van der Waals surface area contributed by atoms with Gasteiger partial charge in [-0.3, -0.25) is 9.59 Å². The third kappa shape index (κ3) is 6.45. The van der Waals surface area contributed by atoms with Crippen molar-refractivity contribution in [3.8, 4) is 11.8 Å². The van der Waals surface area contributed by atoms with Crippen molar-refractivity contribution in [1.82, 2.24) is 15.3 Å². The van der Waals surface area contributed by atoms with Crippen LogP contribution in [-0.2, 0) is 4.79 Å². The monoisotopic (exact) mass is 470 g/mol. The first kappa shape index (κ1) is 23.6. The Bertz CT molecular complexity index is 1080. The van der Waals surface area contributed by atoms with E-state index in [4.69, 9.17) is 16.3 Å². The normalized spacial score (nSPS) is 11.5. The summed E-state index contributed by atoms with van der Waals surface area (Å²) in [6, 6.07) is 13.2. The van der Waals surface area contributed by atoms with E-state index < -0.39 is 6.04 Å². The Labute approximate surface area is 196 Å². The summed E-state index contributed by atoms with van der Waals surface area (Å²) >= 11 is 7.72. The first-order chi connectivity index (χ1) is 15.5. The molecule has 0 aliphatic heterocycles. The molecule has 2 N–H and O–H groups in total. The number of ether oxygens (including phenoxy) is 1. The molecule has 32 heavy (non-hydrogen) atoms. The smallest absolute Gasteiger partial charge is 0.321 e. The van der Waals surface area contributed by atoms with E-state index >= 15 is 0 Å². The lowest BCUT2D eigenvalue weighted by atomic mass is 10.1. The van der Waals surface area contributed by atoms with Gasteiger partial charge in [-0.25, -0.2) is 9.97 Å². The maximum Gasteiger partial charge on any atom is 0.321 e. The Morgan fingerprint density at radius 1 is 1.12 bits per heavy atom. The quantitative estimate of drug-likeness (QED) is 0.470. The van der Waals surface area contributed by atoms with Crippen LogP contribution in [0.2, 0.25) is 5.02 Å². The van der Waals surface area contributed by atoms with E-state index in [1.54, 1.807) is 72.7 Å². The lowest BCUT2D eigenvalue weighted by Gasteiger charge is -2.19. The van der Waals surface area contributed by atoms with E-state index in [9.17, 15) is 9.59 Å². The van der Waals surface area contributed by atoms with E-state index in [1.165, 1.54) is 0 Å². The summed E-state index contributed by atoms with van der Waals surface area (Å²) in [5.41, 5.74) is 1.75. The van der Waals surface area contributed by atoms with Crippen molar-refractivity contribution in [2.45, 2.75) is 19.4 Å². The minimum Gasteiger partial charge on any atom is -0.424 e. The van der Waals surface area contributed by atoms with Crippen molar-refractivity contribution in [1.29, 1.82) is 0 Å². The molecule has 0 saturated carbocycles. The lowest BCUT2D eigenvalue weighted by molar-refractivity contribution is -0.118. The molecule has 3 aromatic rings. The number of benzene rings is 2. The second kappa shape index (κ2) is 11.5. The zero-order valence-electron chi connectivity index (χ0n) is 17.7. The lowest BCUT2D eigenvalue weighted by Crippen LogP contribution is -2.44. The second-order valence-electron chi connectivity index (χ2n) is 6.89. The van der Waals surface area contributed by atoms with Gasteiger partial charge in [0.25, 0.3) is 5.91 Å². The van der Waals surface area contributed by atoms with Gasteiger partial charge in [0.15, 0.2) is 0 Å². The fourth-order valence-electron chi connectivity index (χ4n) is 2.89. The third-order valence-electron chi connectivity index (χ3n) is 4.56. The highest BCUT2D eigenvalue weighted by molar-refractivity contribution is 7.98. The number of aryl methyl sites for hydroxylation is 1. The van der Waals surface area contributed by atoms with Gasteiger partial charge in [-0.2, -0.15) is 11.8 Å². The minimum absolute atomic E-state index is 0.239. The SMILES string of the molecule is CSCCC(NC(=O)c1ccccc1Cl)C(=O)Nc1ccc(Oc2ncccn2)cc1C. The Morgan fingerprint density at radius 3 is 2.56 bits per heavy atom. The minimum atomic E-state index is -0.709. The van der Waals surface area contributed by atoms with Gasteiger partial charge in [-0.1, -0.05) is 23.7 Å². The van der Waals surface area contributed by atoms with Crippen LogP contribution in [0, 0.1) is 6.92 Å². The largest absolute Gasteiger partial charge is 0.424 e. The molecular formula is C23H23ClN4O3S. The zero-order chi connectivity index (χ0) is 22.9. The van der Waals surface area contributed by atoms with E-state index in [-0.39, 0.29) is 17.8 Å². The molecular weight excluding hydrogens is 448 g/mol. The highest BCUT2D eigenvalue weighted by Crippen LogP contribution is 2.24. The molecule has 0 aliphatic carbocycles. The Kier molecular flexibility index (Phi) is 8.47. The first-order valence-corrected chi connectivity index (χ1v) is 11.7. The number of amides is 2. The molecule has 2 aromatic carbocycles. The number of aromatic nitrogens is 2. The molecule has 0 spiro atoms. The molecule has 1 heterocycles. The van der Waals surface area contributed by atoms with Crippen molar-refractivity contribution in [2.24, 2.45) is 0 Å². The molecule has 1 atom stereocenters. The van der Waals surface area contributed by atoms with Gasteiger partial charge in [0.05, 0.1) is 10.6 Å². The molecule has 0 bridgehead atoms. The van der Waals surface area contributed by atoms with Gasteiger partial charge in [0.2, 0.25) is 5.91 Å². The van der Waals surface area contributed by atoms with Crippen molar-refractivity contribution in [3.05, 3.63) is 77.1 Å². The maximum absolute atomic E-state index is 13.0. The van der Waals surface area contributed by atoms with Crippen molar-refractivity contribution < 1.29 is 14.3 Å². The van der Waals surface area contributed by atoms with E-state index in [0.717, 1.165) is 5.56 Å². The van der Waals surface area contributed by atoms with Gasteiger partial charge in [-0.05, 0) is 67.3 Å². The molecule has 7 nitrogen and oxygen atoms in total. The van der Waals surface area contributed by atoms with Gasteiger partial charge < -0.3 is 15.4 Å². The molecule has 0 saturated heterocycles. The maximum atomic E-state index is 13.0. The zero-order valence-corrected chi connectivity index (χ0v) is 19.2. The van der Waals surface area contributed by atoms with Crippen LogP contribution in [0.4, 0.5) is 5.69 Å². The average molecular weight is 471 g/mol. The number of carbonyl (C=O) groups is 2. The van der Waals surface area contributed by atoms with Crippen LogP contribution in [0.1, 0.15) is 22.3 Å². The number of hydrogen-bond acceptors (Lipinski definition) is 6. The van der Waals surface area contributed by atoms with Crippen LogP contribution in [0.25, 0.3) is 0 Å². The van der Waals surface area contributed by atoms with Crippen LogP contribution < -0.4 is 15.4 Å². The average Bonchev–Trinajstić information content (AvgIpc) is 2.79. The number of nitrogens with zero attached hydrogens (tertiary/aromatic N) is 2. The fourth-order valence-corrected chi connectivity index (χ4v) is 3.58. The van der Waals surface area contributed by atoms with Crippen LogP contribution >= 0.6 is 23.4 Å². The molecule has 166 valence electrons. The summed E-state index contributed by atoms with van der Waals surface area (Å²) in [5.74, 6) is 0.574. The predicted octanol–water partition coefficient (Wildman–Crippen LogP) is 4.72. The standard InChI is InChI=1S/C23H23ClN4O3S/c1-15-14-16(31-23-25-11-5-12-26-23)8-9-19(15)27-22(30)20(10-13-32-2)28-21(29)17-6-3-4-7-18(17)24/h3-9,11-12,14,20H,10,13H2,1-2H3,(H,27,30)(H,28,29). The number of rotatable bonds is 9. The highest BCUT2D eigenvalue weighted by atomic mass is 35.5. The molecule has 1 aromatic heterocycles. The number of anilines is 1. The topological polar surface area (TPSA) is 93.2 Å². The molecule has 1 unspecified atom stereocenters. The number of thioether (sulfide) groups is 1. The van der Waals surface area contributed by atoms with Gasteiger partial charge >= 0.3 is 6.01 Å². The first-order valence-electron chi connectivity index (χ1n) is 9.88. The Morgan fingerprint density at radius 2 is 1.88 bits per heavy atom. The van der Waals surface area contributed by atoms with Crippen LogP contribution in [0.5, 0.6) is 11.8 Å². The molecule has 0 radical (unpaired) electrons. The van der Waals surface area contributed by atoms with Crippen molar-refractivity contribution in [3.63, 3.8) is 0 Å². The summed E-state index contributed by atoms with van der Waals surface area (Å²) in [4.78, 5) is 33.7. The molecule has 0 fully saturated rings. The van der Waals surface area contributed by atoms with E-state index in [2.05, 4.69) is 20.6 Å². The fraction of sp³-hybridized carbons (Fsp3) is 0.217. The summed E-state index contributed by atoms with van der Waals surface area (Å²) in [6.45, 7) is 1.85. The van der Waals surface area contributed by atoms with E-state index in [0.29, 0.717) is 34.2 Å². The molecule has 3 rings (SSSR count). The Balaban J connectivity index is 1.70. The van der Waals surface area contributed by atoms with Crippen molar-refractivity contribution in [2.75, 3.05) is 17.3 Å². The summed E-state index contributed by atoms with van der Waals surface area (Å²) in [7, 11) is 0. The molecule has 2 amide bonds.